The average Bonchev–Trinajstić information content (AvgIpc) is 3.09. The third-order valence-corrected chi connectivity index (χ3v) is 3.24. The van der Waals surface area contributed by atoms with Gasteiger partial charge in [0.2, 0.25) is 5.28 Å². The molecular formula is C11H11ClFN5. The van der Waals surface area contributed by atoms with Crippen LogP contribution in [0.2, 0.25) is 5.28 Å². The highest BCUT2D eigenvalue weighted by Gasteiger charge is 2.27. The van der Waals surface area contributed by atoms with Crippen LogP contribution in [0.3, 0.4) is 0 Å². The predicted molar refractivity (Wildman–Crippen MR) is 63.4 cm³/mol. The van der Waals surface area contributed by atoms with Gasteiger partial charge in [-0.3, -0.25) is 4.68 Å². The first-order valence-corrected chi connectivity index (χ1v) is 6.10. The van der Waals surface area contributed by atoms with Crippen molar-refractivity contribution >= 4 is 11.6 Å². The highest BCUT2D eigenvalue weighted by atomic mass is 35.5. The van der Waals surface area contributed by atoms with Crippen molar-refractivity contribution in [3.8, 4) is 11.4 Å². The summed E-state index contributed by atoms with van der Waals surface area (Å²) in [6, 6.07) is 0. The Morgan fingerprint density at radius 3 is 2.94 bits per heavy atom. The van der Waals surface area contributed by atoms with E-state index in [1.54, 1.807) is 11.7 Å². The fraction of sp³-hybridized carbons (Fsp3) is 0.455. The van der Waals surface area contributed by atoms with Crippen LogP contribution in [0.4, 0.5) is 4.39 Å². The Bertz CT molecular complexity index is 593. The van der Waals surface area contributed by atoms with Crippen LogP contribution in [0.25, 0.3) is 11.4 Å². The molecule has 3 rings (SSSR count). The Morgan fingerprint density at radius 2 is 2.22 bits per heavy atom. The van der Waals surface area contributed by atoms with Crippen molar-refractivity contribution in [3.05, 3.63) is 23.0 Å². The molecule has 2 aromatic heterocycles. The molecule has 1 saturated carbocycles. The zero-order chi connectivity index (χ0) is 12.7. The lowest BCUT2D eigenvalue weighted by Gasteiger charge is -2.03. The molecule has 94 valence electrons. The molecule has 0 aliphatic heterocycles. The Morgan fingerprint density at radius 1 is 1.44 bits per heavy atom. The molecule has 18 heavy (non-hydrogen) atoms. The first-order chi connectivity index (χ1) is 8.65. The molecule has 5 nitrogen and oxygen atoms in total. The minimum Gasteiger partial charge on any atom is -0.252 e. The first kappa shape index (κ1) is 11.5. The number of hydrogen-bond donors (Lipinski definition) is 0. The molecule has 1 fully saturated rings. The summed E-state index contributed by atoms with van der Waals surface area (Å²) in [6.45, 7) is 0. The topological polar surface area (TPSA) is 56.5 Å². The quantitative estimate of drug-likeness (QED) is 0.799. The number of aromatic nitrogens is 5. The fourth-order valence-corrected chi connectivity index (χ4v) is 2.03. The van der Waals surface area contributed by atoms with Gasteiger partial charge in [-0.2, -0.15) is 0 Å². The highest BCUT2D eigenvalue weighted by molar-refractivity contribution is 6.28. The van der Waals surface area contributed by atoms with E-state index in [0.717, 1.165) is 18.3 Å². The SMILES string of the molecule is Cn1nnc(-c2nc(Cl)ncc2F)c1CC1CC1. The number of halogens is 2. The van der Waals surface area contributed by atoms with Gasteiger partial charge in [-0.1, -0.05) is 5.21 Å². The van der Waals surface area contributed by atoms with Gasteiger partial charge in [0, 0.05) is 7.05 Å². The molecule has 0 amide bonds. The number of aryl methyl sites for hydroxylation is 1. The van der Waals surface area contributed by atoms with Gasteiger partial charge in [0.15, 0.2) is 5.82 Å². The van der Waals surface area contributed by atoms with E-state index in [-0.39, 0.29) is 11.0 Å². The normalized spacial score (nSPS) is 15.1. The second-order valence-electron chi connectivity index (χ2n) is 4.49. The summed E-state index contributed by atoms with van der Waals surface area (Å²) in [5.41, 5.74) is 1.48. The molecular weight excluding hydrogens is 257 g/mol. The van der Waals surface area contributed by atoms with Crippen LogP contribution in [0.15, 0.2) is 6.20 Å². The molecule has 0 unspecified atom stereocenters. The lowest BCUT2D eigenvalue weighted by atomic mass is 10.1. The van der Waals surface area contributed by atoms with Gasteiger partial charge >= 0.3 is 0 Å². The molecule has 0 spiro atoms. The smallest absolute Gasteiger partial charge is 0.223 e. The molecule has 0 radical (unpaired) electrons. The standard InChI is InChI=1S/C11H11ClFN5/c1-18-8(4-6-2-3-6)10(16-17-18)9-7(13)5-14-11(12)15-9/h5-6H,2-4H2,1H3. The number of nitrogens with zero attached hydrogens (tertiary/aromatic N) is 5. The summed E-state index contributed by atoms with van der Waals surface area (Å²) in [7, 11) is 1.80. The van der Waals surface area contributed by atoms with Gasteiger partial charge in [-0.05, 0) is 36.8 Å². The van der Waals surface area contributed by atoms with Crippen LogP contribution in [0, 0.1) is 11.7 Å². The molecule has 0 N–H and O–H groups in total. The van der Waals surface area contributed by atoms with Crippen molar-refractivity contribution < 1.29 is 4.39 Å². The van der Waals surface area contributed by atoms with E-state index in [1.165, 1.54) is 12.8 Å². The average molecular weight is 268 g/mol. The molecule has 0 atom stereocenters. The van der Waals surface area contributed by atoms with Crippen LogP contribution in [0.5, 0.6) is 0 Å². The summed E-state index contributed by atoms with van der Waals surface area (Å²) in [5, 5.41) is 7.94. The maximum atomic E-state index is 13.7. The predicted octanol–water partition coefficient (Wildman–Crippen LogP) is 2.02. The van der Waals surface area contributed by atoms with Crippen molar-refractivity contribution in [2.45, 2.75) is 19.3 Å². The van der Waals surface area contributed by atoms with Crippen molar-refractivity contribution in [1.29, 1.82) is 0 Å². The van der Waals surface area contributed by atoms with Gasteiger partial charge in [0.25, 0.3) is 0 Å². The van der Waals surface area contributed by atoms with Crippen molar-refractivity contribution in [2.24, 2.45) is 13.0 Å². The highest BCUT2D eigenvalue weighted by Crippen LogP contribution is 2.35. The van der Waals surface area contributed by atoms with Gasteiger partial charge in [-0.15, -0.1) is 5.10 Å². The van der Waals surface area contributed by atoms with Crippen LogP contribution < -0.4 is 0 Å². The largest absolute Gasteiger partial charge is 0.252 e. The van der Waals surface area contributed by atoms with E-state index >= 15 is 0 Å². The molecule has 1 aliphatic rings. The molecule has 2 aromatic rings. The second kappa shape index (κ2) is 4.28. The first-order valence-electron chi connectivity index (χ1n) is 5.72. The van der Waals surface area contributed by atoms with Crippen molar-refractivity contribution in [1.82, 2.24) is 25.0 Å². The minimum atomic E-state index is -0.531. The summed E-state index contributed by atoms with van der Waals surface area (Å²) < 4.78 is 15.4. The molecule has 0 aromatic carbocycles. The van der Waals surface area contributed by atoms with E-state index in [4.69, 9.17) is 11.6 Å². The van der Waals surface area contributed by atoms with Gasteiger partial charge in [-0.25, -0.2) is 14.4 Å². The van der Waals surface area contributed by atoms with E-state index in [2.05, 4.69) is 20.3 Å². The molecule has 1 aliphatic carbocycles. The molecule has 0 bridgehead atoms. The van der Waals surface area contributed by atoms with Crippen molar-refractivity contribution in [3.63, 3.8) is 0 Å². The second-order valence-corrected chi connectivity index (χ2v) is 4.83. The van der Waals surface area contributed by atoms with Crippen LogP contribution in [-0.2, 0) is 13.5 Å². The molecule has 2 heterocycles. The van der Waals surface area contributed by atoms with Crippen molar-refractivity contribution in [2.75, 3.05) is 0 Å². The number of hydrogen-bond acceptors (Lipinski definition) is 4. The zero-order valence-electron chi connectivity index (χ0n) is 9.77. The maximum absolute atomic E-state index is 13.7. The number of rotatable bonds is 3. The third kappa shape index (κ3) is 2.08. The third-order valence-electron chi connectivity index (χ3n) is 3.06. The Balaban J connectivity index is 2.07. The van der Waals surface area contributed by atoms with Gasteiger partial charge in [0.1, 0.15) is 11.4 Å². The summed E-state index contributed by atoms with van der Waals surface area (Å²) in [5.74, 6) is 0.123. The lowest BCUT2D eigenvalue weighted by molar-refractivity contribution is 0.616. The summed E-state index contributed by atoms with van der Waals surface area (Å²) in [4.78, 5) is 7.51. The van der Waals surface area contributed by atoms with E-state index in [0.29, 0.717) is 11.6 Å². The monoisotopic (exact) mass is 267 g/mol. The van der Waals surface area contributed by atoms with Gasteiger partial charge in [0.05, 0.1) is 11.9 Å². The Labute approximate surface area is 108 Å². The van der Waals surface area contributed by atoms with Crippen LogP contribution in [0.1, 0.15) is 18.5 Å². The van der Waals surface area contributed by atoms with Gasteiger partial charge < -0.3 is 0 Å². The Hall–Kier alpha value is -1.56. The zero-order valence-corrected chi connectivity index (χ0v) is 10.5. The van der Waals surface area contributed by atoms with E-state index in [9.17, 15) is 4.39 Å². The van der Waals surface area contributed by atoms with E-state index < -0.39 is 5.82 Å². The minimum absolute atomic E-state index is 0.00873. The Kier molecular flexibility index (Phi) is 2.74. The van der Waals surface area contributed by atoms with E-state index in [1.807, 2.05) is 0 Å². The van der Waals surface area contributed by atoms with Crippen LogP contribution >= 0.6 is 11.6 Å². The fourth-order valence-electron chi connectivity index (χ4n) is 1.90. The molecule has 0 saturated heterocycles. The lowest BCUT2D eigenvalue weighted by Crippen LogP contribution is -2.02. The summed E-state index contributed by atoms with van der Waals surface area (Å²) in [6.07, 6.45) is 4.31. The molecule has 7 heteroatoms. The maximum Gasteiger partial charge on any atom is 0.223 e. The summed E-state index contributed by atoms with van der Waals surface area (Å²) >= 11 is 5.70. The van der Waals surface area contributed by atoms with Crippen LogP contribution in [-0.4, -0.2) is 25.0 Å².